The monoisotopic (exact) mass is 360 g/mol. The summed E-state index contributed by atoms with van der Waals surface area (Å²) in [5.74, 6) is 0.194. The van der Waals surface area contributed by atoms with Crippen LogP contribution < -0.4 is 5.32 Å². The van der Waals surface area contributed by atoms with Crippen molar-refractivity contribution in [2.24, 2.45) is 0 Å². The number of thioether (sulfide) groups is 1. The van der Waals surface area contributed by atoms with Gasteiger partial charge < -0.3 is 10.2 Å². The maximum Gasteiger partial charge on any atom is 0.259 e. The van der Waals surface area contributed by atoms with Crippen molar-refractivity contribution in [2.75, 3.05) is 30.7 Å². The van der Waals surface area contributed by atoms with Crippen molar-refractivity contribution in [3.8, 4) is 0 Å². The van der Waals surface area contributed by atoms with Gasteiger partial charge in [0.05, 0.1) is 5.56 Å². The molecule has 132 valence electrons. The van der Waals surface area contributed by atoms with Gasteiger partial charge in [-0.2, -0.15) is 0 Å². The highest BCUT2D eigenvalue weighted by atomic mass is 32.2. The van der Waals surface area contributed by atoms with Crippen molar-refractivity contribution in [2.45, 2.75) is 24.3 Å². The Morgan fingerprint density at radius 3 is 2.64 bits per heavy atom. The fourth-order valence-corrected chi connectivity index (χ4v) is 3.58. The lowest BCUT2D eigenvalue weighted by Crippen LogP contribution is -2.31. The number of benzene rings is 1. The second kappa shape index (κ2) is 8.92. The highest BCUT2D eigenvalue weighted by Crippen LogP contribution is 2.17. The number of halogens is 1. The van der Waals surface area contributed by atoms with E-state index in [1.807, 2.05) is 6.07 Å². The molecule has 0 bridgehead atoms. The Balaban J connectivity index is 1.48. The molecule has 0 spiro atoms. The third-order valence-corrected chi connectivity index (χ3v) is 5.01. The number of likely N-dealkylation sites (tertiary alicyclic amines) is 1. The first-order chi connectivity index (χ1) is 12.2. The van der Waals surface area contributed by atoms with E-state index in [1.165, 1.54) is 44.5 Å². The summed E-state index contributed by atoms with van der Waals surface area (Å²) >= 11 is 1.65. The van der Waals surface area contributed by atoms with Gasteiger partial charge in [-0.1, -0.05) is 18.6 Å². The summed E-state index contributed by atoms with van der Waals surface area (Å²) in [6.07, 6.45) is 3.93. The summed E-state index contributed by atoms with van der Waals surface area (Å²) in [6, 6.07) is 9.36. The topological polar surface area (TPSA) is 58.1 Å². The van der Waals surface area contributed by atoms with E-state index in [-0.39, 0.29) is 5.56 Å². The number of nitrogens with one attached hydrogen (secondary N) is 1. The number of nitrogens with zero attached hydrogens (tertiary/aromatic N) is 3. The van der Waals surface area contributed by atoms with Gasteiger partial charge in [0.2, 0.25) is 0 Å². The summed E-state index contributed by atoms with van der Waals surface area (Å²) in [6.45, 7) is 3.43. The molecule has 1 aromatic heterocycles. The molecule has 1 N–H and O–H groups in total. The van der Waals surface area contributed by atoms with Crippen molar-refractivity contribution >= 4 is 23.5 Å². The first-order valence-corrected chi connectivity index (χ1v) is 9.46. The van der Waals surface area contributed by atoms with E-state index in [9.17, 15) is 9.18 Å². The number of hydrogen-bond acceptors (Lipinski definition) is 5. The number of carbonyl (C=O) groups excluding carboxylic acids is 1. The van der Waals surface area contributed by atoms with Crippen LogP contribution in [0.25, 0.3) is 0 Å². The second-order valence-corrected chi connectivity index (χ2v) is 7.06. The largest absolute Gasteiger partial charge is 0.305 e. The Morgan fingerprint density at radius 1 is 1.12 bits per heavy atom. The third-order valence-electron chi connectivity index (χ3n) is 4.11. The lowest BCUT2D eigenvalue weighted by molar-refractivity contribution is 0.102. The molecule has 0 aliphatic carbocycles. The van der Waals surface area contributed by atoms with Crippen LogP contribution in [0, 0.1) is 5.82 Å². The molecule has 5 nitrogen and oxygen atoms in total. The van der Waals surface area contributed by atoms with E-state index in [0.29, 0.717) is 5.82 Å². The number of hydrogen-bond donors (Lipinski definition) is 1. The van der Waals surface area contributed by atoms with Gasteiger partial charge in [-0.3, -0.25) is 4.79 Å². The molecule has 7 heteroatoms. The Morgan fingerprint density at radius 2 is 1.92 bits per heavy atom. The van der Waals surface area contributed by atoms with Crippen LogP contribution in [-0.4, -0.2) is 46.4 Å². The van der Waals surface area contributed by atoms with E-state index in [0.717, 1.165) is 17.3 Å². The molecule has 1 aliphatic heterocycles. The summed E-state index contributed by atoms with van der Waals surface area (Å²) in [7, 11) is 0. The minimum Gasteiger partial charge on any atom is -0.305 e. The summed E-state index contributed by atoms with van der Waals surface area (Å²) in [5, 5.41) is 11.5. The molecular weight excluding hydrogens is 339 g/mol. The van der Waals surface area contributed by atoms with Crippen LogP contribution in [0.2, 0.25) is 0 Å². The number of rotatable bonds is 6. The van der Waals surface area contributed by atoms with E-state index in [2.05, 4.69) is 20.4 Å². The van der Waals surface area contributed by atoms with Gasteiger partial charge in [0, 0.05) is 12.3 Å². The molecule has 0 radical (unpaired) electrons. The van der Waals surface area contributed by atoms with Crippen LogP contribution in [0.4, 0.5) is 10.2 Å². The van der Waals surface area contributed by atoms with Gasteiger partial charge in [0.25, 0.3) is 5.91 Å². The molecule has 2 aromatic rings. The molecule has 1 saturated heterocycles. The molecule has 25 heavy (non-hydrogen) atoms. The van der Waals surface area contributed by atoms with Gasteiger partial charge in [-0.15, -0.1) is 22.0 Å². The highest BCUT2D eigenvalue weighted by molar-refractivity contribution is 7.99. The van der Waals surface area contributed by atoms with Gasteiger partial charge in [0.1, 0.15) is 10.8 Å². The maximum atomic E-state index is 13.6. The van der Waals surface area contributed by atoms with Crippen LogP contribution in [0.15, 0.2) is 41.4 Å². The minimum absolute atomic E-state index is 0.00992. The zero-order chi connectivity index (χ0) is 17.5. The van der Waals surface area contributed by atoms with E-state index in [4.69, 9.17) is 0 Å². The average Bonchev–Trinajstić information content (AvgIpc) is 2.64. The summed E-state index contributed by atoms with van der Waals surface area (Å²) in [5.41, 5.74) is -0.00992. The Labute approximate surface area is 151 Å². The van der Waals surface area contributed by atoms with Crippen molar-refractivity contribution in [3.05, 3.63) is 47.8 Å². The summed E-state index contributed by atoms with van der Waals surface area (Å²) in [4.78, 5) is 14.5. The van der Waals surface area contributed by atoms with Crippen LogP contribution in [0.5, 0.6) is 0 Å². The zero-order valence-electron chi connectivity index (χ0n) is 13.9. The molecule has 3 rings (SSSR count). The third kappa shape index (κ3) is 5.24. The van der Waals surface area contributed by atoms with Crippen LogP contribution >= 0.6 is 11.8 Å². The van der Waals surface area contributed by atoms with Crippen molar-refractivity contribution in [1.29, 1.82) is 0 Å². The molecule has 1 aliphatic rings. The van der Waals surface area contributed by atoms with Gasteiger partial charge >= 0.3 is 0 Å². The van der Waals surface area contributed by atoms with Crippen molar-refractivity contribution < 1.29 is 9.18 Å². The van der Waals surface area contributed by atoms with Gasteiger partial charge in [-0.25, -0.2) is 4.39 Å². The Bertz CT molecular complexity index is 704. The van der Waals surface area contributed by atoms with Gasteiger partial charge in [0.15, 0.2) is 5.82 Å². The lowest BCUT2D eigenvalue weighted by Gasteiger charge is -2.25. The molecule has 0 unspecified atom stereocenters. The van der Waals surface area contributed by atoms with Gasteiger partial charge in [-0.05, 0) is 50.2 Å². The average molecular weight is 360 g/mol. The highest BCUT2D eigenvalue weighted by Gasteiger charge is 2.12. The number of amides is 1. The number of carbonyl (C=O) groups is 1. The standard InChI is InChI=1S/C18H21FN4OS/c19-15-7-3-2-6-14(15)18(24)20-16-8-9-17(22-21-16)25-13-12-23-10-4-1-5-11-23/h2-3,6-9H,1,4-5,10-13H2,(H,20,21,24). The van der Waals surface area contributed by atoms with Crippen LogP contribution in [0.1, 0.15) is 29.6 Å². The maximum absolute atomic E-state index is 13.6. The first kappa shape index (κ1) is 17.8. The molecule has 1 aromatic carbocycles. The smallest absolute Gasteiger partial charge is 0.259 e. The predicted octanol–water partition coefficient (Wildman–Crippen LogP) is 3.45. The minimum atomic E-state index is -0.558. The molecular formula is C18H21FN4OS. The zero-order valence-corrected chi connectivity index (χ0v) is 14.8. The normalized spacial score (nSPS) is 15.1. The van der Waals surface area contributed by atoms with Crippen LogP contribution in [0.3, 0.4) is 0 Å². The first-order valence-electron chi connectivity index (χ1n) is 8.47. The molecule has 2 heterocycles. The molecule has 0 atom stereocenters. The SMILES string of the molecule is O=C(Nc1ccc(SCCN2CCCCC2)nn1)c1ccccc1F. The predicted molar refractivity (Wildman–Crippen MR) is 97.4 cm³/mol. The number of anilines is 1. The van der Waals surface area contributed by atoms with E-state index >= 15 is 0 Å². The Hall–Kier alpha value is -1.99. The van der Waals surface area contributed by atoms with Crippen molar-refractivity contribution in [1.82, 2.24) is 15.1 Å². The van der Waals surface area contributed by atoms with E-state index in [1.54, 1.807) is 30.0 Å². The lowest BCUT2D eigenvalue weighted by atomic mass is 10.1. The van der Waals surface area contributed by atoms with Crippen molar-refractivity contribution in [3.63, 3.8) is 0 Å². The number of aromatic nitrogens is 2. The molecule has 0 saturated carbocycles. The molecule has 1 fully saturated rings. The van der Waals surface area contributed by atoms with E-state index < -0.39 is 11.7 Å². The van der Waals surface area contributed by atoms with Crippen LogP contribution in [-0.2, 0) is 0 Å². The number of piperidine rings is 1. The quantitative estimate of drug-likeness (QED) is 0.800. The summed E-state index contributed by atoms with van der Waals surface area (Å²) < 4.78 is 13.6. The fraction of sp³-hybridized carbons (Fsp3) is 0.389. The molecule has 1 amide bonds. The Kier molecular flexibility index (Phi) is 6.36. The fourth-order valence-electron chi connectivity index (χ4n) is 2.76. The second-order valence-electron chi connectivity index (χ2n) is 5.94.